The van der Waals surface area contributed by atoms with Crippen LogP contribution in [-0.4, -0.2) is 18.4 Å². The lowest BCUT2D eigenvalue weighted by atomic mass is 10.1. The maximum Gasteiger partial charge on any atom is 0.316 e. The highest BCUT2D eigenvalue weighted by Crippen LogP contribution is 2.27. The van der Waals surface area contributed by atoms with Crippen molar-refractivity contribution in [2.45, 2.75) is 19.8 Å². The molecule has 4 heteroatoms. The van der Waals surface area contributed by atoms with Gasteiger partial charge in [0.15, 0.2) is 0 Å². The monoisotopic (exact) mass is 385 g/mol. The summed E-state index contributed by atoms with van der Waals surface area (Å²) in [5, 5.41) is 0. The van der Waals surface area contributed by atoms with E-state index in [1.807, 2.05) is 73.7 Å². The summed E-state index contributed by atoms with van der Waals surface area (Å²) in [6.07, 6.45) is 1.01. The molecule has 4 rings (SSSR count). The molecule has 1 saturated heterocycles. The minimum absolute atomic E-state index is 0.0456. The van der Waals surface area contributed by atoms with Crippen molar-refractivity contribution in [2.24, 2.45) is 5.92 Å². The molecule has 146 valence electrons. The maximum absolute atomic E-state index is 12.6. The first-order valence-corrected chi connectivity index (χ1v) is 9.80. The molecule has 0 unspecified atom stereocenters. The maximum atomic E-state index is 12.6. The highest BCUT2D eigenvalue weighted by atomic mass is 16.5. The van der Waals surface area contributed by atoms with E-state index < -0.39 is 5.92 Å². The molecule has 0 N–H and O–H groups in total. The number of carbonyl (C=O) groups is 2. The second-order valence-electron chi connectivity index (χ2n) is 7.47. The van der Waals surface area contributed by atoms with Crippen LogP contribution in [0.3, 0.4) is 0 Å². The van der Waals surface area contributed by atoms with Crippen molar-refractivity contribution in [1.82, 2.24) is 0 Å². The summed E-state index contributed by atoms with van der Waals surface area (Å²) in [5.74, 6) is -0.347. The van der Waals surface area contributed by atoms with Gasteiger partial charge in [-0.15, -0.1) is 0 Å². The number of hydrogen-bond donors (Lipinski definition) is 0. The number of carbonyl (C=O) groups excluding carboxylic acids is 2. The van der Waals surface area contributed by atoms with Crippen molar-refractivity contribution in [3.63, 3.8) is 0 Å². The normalized spacial score (nSPS) is 16.1. The van der Waals surface area contributed by atoms with Gasteiger partial charge in [-0.25, -0.2) is 0 Å². The Hall–Kier alpha value is -3.40. The van der Waals surface area contributed by atoms with E-state index >= 15 is 0 Å². The van der Waals surface area contributed by atoms with Gasteiger partial charge in [-0.05, 0) is 54.3 Å². The van der Waals surface area contributed by atoms with Crippen LogP contribution < -0.4 is 9.64 Å². The van der Waals surface area contributed by atoms with Crippen LogP contribution >= 0.6 is 0 Å². The molecule has 4 nitrogen and oxygen atoms in total. The Labute approximate surface area is 170 Å². The minimum Gasteiger partial charge on any atom is -0.426 e. The van der Waals surface area contributed by atoms with Gasteiger partial charge in [-0.1, -0.05) is 54.6 Å². The second kappa shape index (κ2) is 8.31. The zero-order valence-electron chi connectivity index (χ0n) is 16.4. The predicted octanol–water partition coefficient (Wildman–Crippen LogP) is 4.54. The first kappa shape index (κ1) is 18.9. The highest BCUT2D eigenvalue weighted by molar-refractivity contribution is 5.99. The first-order chi connectivity index (χ1) is 14.1. The summed E-state index contributed by atoms with van der Waals surface area (Å²) in [7, 11) is 0. The van der Waals surface area contributed by atoms with E-state index in [1.54, 1.807) is 4.90 Å². The van der Waals surface area contributed by atoms with E-state index in [2.05, 4.69) is 12.1 Å². The van der Waals surface area contributed by atoms with Gasteiger partial charge in [0.1, 0.15) is 5.75 Å². The Morgan fingerprint density at radius 3 is 2.41 bits per heavy atom. The van der Waals surface area contributed by atoms with Gasteiger partial charge >= 0.3 is 5.97 Å². The average molecular weight is 385 g/mol. The molecule has 1 atom stereocenters. The zero-order chi connectivity index (χ0) is 20.2. The molecule has 1 fully saturated rings. The van der Waals surface area contributed by atoms with Gasteiger partial charge in [-0.2, -0.15) is 0 Å². The molecule has 0 aromatic heterocycles. The van der Waals surface area contributed by atoms with E-state index in [0.29, 0.717) is 12.3 Å². The Morgan fingerprint density at radius 1 is 0.966 bits per heavy atom. The zero-order valence-corrected chi connectivity index (χ0v) is 16.4. The van der Waals surface area contributed by atoms with Crippen LogP contribution in [0, 0.1) is 12.8 Å². The molecule has 1 amide bonds. The Morgan fingerprint density at radius 2 is 1.69 bits per heavy atom. The SMILES string of the molecule is Cc1cccc(N2C[C@H](C(=O)Oc3ccc(Cc4ccccc4)cc3)CC2=O)c1. The smallest absolute Gasteiger partial charge is 0.316 e. The van der Waals surface area contributed by atoms with Crippen LogP contribution in [0.25, 0.3) is 0 Å². The van der Waals surface area contributed by atoms with E-state index in [4.69, 9.17) is 4.74 Å². The predicted molar refractivity (Wildman–Crippen MR) is 113 cm³/mol. The van der Waals surface area contributed by atoms with Gasteiger partial charge in [0.25, 0.3) is 0 Å². The summed E-state index contributed by atoms with van der Waals surface area (Å²) in [5.41, 5.74) is 4.29. The fourth-order valence-corrected chi connectivity index (χ4v) is 3.62. The Balaban J connectivity index is 1.37. The number of esters is 1. The van der Waals surface area contributed by atoms with Crippen LogP contribution in [-0.2, 0) is 16.0 Å². The number of ether oxygens (including phenoxy) is 1. The molecule has 1 aliphatic heterocycles. The molecule has 29 heavy (non-hydrogen) atoms. The van der Waals surface area contributed by atoms with Crippen molar-refractivity contribution in [3.8, 4) is 5.75 Å². The van der Waals surface area contributed by atoms with Crippen molar-refractivity contribution in [2.75, 3.05) is 11.4 Å². The molecular formula is C25H23NO3. The standard InChI is InChI=1S/C25H23NO3/c1-18-6-5-9-22(14-18)26-17-21(16-24(26)27)25(28)29-23-12-10-20(11-13-23)15-19-7-3-2-4-8-19/h2-14,21H,15-17H2,1H3/t21-/m1/s1. The van der Waals surface area contributed by atoms with Gasteiger partial charge < -0.3 is 9.64 Å². The molecule has 1 aliphatic rings. The van der Waals surface area contributed by atoms with E-state index in [-0.39, 0.29) is 18.3 Å². The van der Waals surface area contributed by atoms with Crippen LogP contribution in [0.4, 0.5) is 5.69 Å². The second-order valence-corrected chi connectivity index (χ2v) is 7.47. The van der Waals surface area contributed by atoms with E-state index in [0.717, 1.165) is 23.2 Å². The summed E-state index contributed by atoms with van der Waals surface area (Å²) in [6, 6.07) is 25.5. The van der Waals surface area contributed by atoms with Gasteiger partial charge in [0, 0.05) is 18.7 Å². The van der Waals surface area contributed by atoms with Gasteiger partial charge in [-0.3, -0.25) is 9.59 Å². The van der Waals surface area contributed by atoms with Crippen molar-refractivity contribution in [1.29, 1.82) is 0 Å². The fraction of sp³-hybridized carbons (Fsp3) is 0.200. The molecule has 0 spiro atoms. The number of benzene rings is 3. The Kier molecular flexibility index (Phi) is 5.43. The number of anilines is 1. The van der Waals surface area contributed by atoms with Crippen LogP contribution in [0.2, 0.25) is 0 Å². The van der Waals surface area contributed by atoms with Crippen LogP contribution in [0.1, 0.15) is 23.1 Å². The molecule has 3 aromatic carbocycles. The van der Waals surface area contributed by atoms with Crippen LogP contribution in [0.5, 0.6) is 5.75 Å². The first-order valence-electron chi connectivity index (χ1n) is 9.80. The highest BCUT2D eigenvalue weighted by Gasteiger charge is 2.36. The van der Waals surface area contributed by atoms with Crippen molar-refractivity contribution in [3.05, 3.63) is 95.6 Å². The topological polar surface area (TPSA) is 46.6 Å². The van der Waals surface area contributed by atoms with Gasteiger partial charge in [0.2, 0.25) is 5.91 Å². The fourth-order valence-electron chi connectivity index (χ4n) is 3.62. The lowest BCUT2D eigenvalue weighted by Gasteiger charge is -2.17. The molecule has 0 bridgehead atoms. The molecule has 0 aliphatic carbocycles. The number of amides is 1. The summed E-state index contributed by atoms with van der Waals surface area (Å²) < 4.78 is 5.54. The van der Waals surface area contributed by atoms with E-state index in [9.17, 15) is 9.59 Å². The van der Waals surface area contributed by atoms with Crippen LogP contribution in [0.15, 0.2) is 78.9 Å². The molecular weight excluding hydrogens is 362 g/mol. The van der Waals surface area contributed by atoms with E-state index in [1.165, 1.54) is 5.56 Å². The molecule has 0 saturated carbocycles. The van der Waals surface area contributed by atoms with Gasteiger partial charge in [0.05, 0.1) is 5.92 Å². The summed E-state index contributed by atoms with van der Waals surface area (Å²) >= 11 is 0. The third-order valence-electron chi connectivity index (χ3n) is 5.16. The third-order valence-corrected chi connectivity index (χ3v) is 5.16. The number of nitrogens with zero attached hydrogens (tertiary/aromatic N) is 1. The number of hydrogen-bond acceptors (Lipinski definition) is 3. The van der Waals surface area contributed by atoms with Crippen molar-refractivity contribution < 1.29 is 14.3 Å². The quantitative estimate of drug-likeness (QED) is 0.478. The average Bonchev–Trinajstić information content (AvgIpc) is 3.12. The third kappa shape index (κ3) is 4.54. The summed E-state index contributed by atoms with van der Waals surface area (Å²) in [6.45, 7) is 2.34. The lowest BCUT2D eigenvalue weighted by molar-refractivity contribution is -0.139. The molecule has 1 heterocycles. The number of aryl methyl sites for hydroxylation is 1. The lowest BCUT2D eigenvalue weighted by Crippen LogP contribution is -2.27. The largest absolute Gasteiger partial charge is 0.426 e. The van der Waals surface area contributed by atoms with Crippen molar-refractivity contribution >= 4 is 17.6 Å². The molecule has 0 radical (unpaired) electrons. The Bertz CT molecular complexity index is 1010. The molecule has 3 aromatic rings. The number of rotatable bonds is 5. The minimum atomic E-state index is -0.452. The summed E-state index contributed by atoms with van der Waals surface area (Å²) in [4.78, 5) is 26.6.